The van der Waals surface area contributed by atoms with Gasteiger partial charge in [0.1, 0.15) is 0 Å². The van der Waals surface area contributed by atoms with Crippen molar-refractivity contribution in [2.45, 2.75) is 26.4 Å². The molecule has 1 aromatic heterocycles. The summed E-state index contributed by atoms with van der Waals surface area (Å²) in [6.07, 6.45) is 0. The van der Waals surface area contributed by atoms with Gasteiger partial charge in [-0.2, -0.15) is 5.10 Å². The van der Waals surface area contributed by atoms with Crippen LogP contribution in [-0.2, 0) is 6.54 Å². The van der Waals surface area contributed by atoms with Crippen LogP contribution in [0.2, 0.25) is 5.02 Å². The molecule has 0 saturated carbocycles. The number of aromatic nitrogens is 2. The van der Waals surface area contributed by atoms with Crippen LogP contribution in [0, 0.1) is 0 Å². The molecule has 21 heavy (non-hydrogen) atoms. The lowest BCUT2D eigenvalue weighted by Crippen LogP contribution is -2.23. The molecule has 0 fully saturated rings. The standard InChI is InChI=1S/C16H21ClN4/c1-4-18-11-13-9-10-16(20-19-13)21(3)12(2)14-7-5-6-8-15(14)17/h5-10,12,18H,4,11H2,1-3H3. The maximum absolute atomic E-state index is 6.26. The molecule has 1 N–H and O–H groups in total. The minimum absolute atomic E-state index is 0.132. The van der Waals surface area contributed by atoms with Crippen LogP contribution in [0.5, 0.6) is 0 Å². The molecule has 2 aromatic rings. The Morgan fingerprint density at radius 2 is 1.95 bits per heavy atom. The second-order valence-electron chi connectivity index (χ2n) is 4.97. The van der Waals surface area contributed by atoms with Crippen LogP contribution in [0.3, 0.4) is 0 Å². The van der Waals surface area contributed by atoms with Gasteiger partial charge in [0.15, 0.2) is 5.82 Å². The number of rotatable bonds is 6. The summed E-state index contributed by atoms with van der Waals surface area (Å²) in [7, 11) is 2.00. The largest absolute Gasteiger partial charge is 0.351 e. The number of halogens is 1. The minimum Gasteiger partial charge on any atom is -0.351 e. The van der Waals surface area contributed by atoms with Gasteiger partial charge in [-0.25, -0.2) is 0 Å². The molecule has 0 amide bonds. The third-order valence-corrected chi connectivity index (χ3v) is 3.90. The first-order valence-corrected chi connectivity index (χ1v) is 7.52. The van der Waals surface area contributed by atoms with Crippen LogP contribution in [0.1, 0.15) is 31.1 Å². The van der Waals surface area contributed by atoms with Crippen LogP contribution in [-0.4, -0.2) is 23.8 Å². The summed E-state index contributed by atoms with van der Waals surface area (Å²) in [6, 6.07) is 12.0. The van der Waals surface area contributed by atoms with Gasteiger partial charge in [-0.05, 0) is 37.2 Å². The van der Waals surface area contributed by atoms with E-state index in [2.05, 4.69) is 34.3 Å². The van der Waals surface area contributed by atoms with Gasteiger partial charge in [0.2, 0.25) is 0 Å². The van der Waals surface area contributed by atoms with E-state index in [9.17, 15) is 0 Å². The first kappa shape index (κ1) is 15.7. The molecule has 0 bridgehead atoms. The first-order valence-electron chi connectivity index (χ1n) is 7.14. The molecule has 0 aliphatic rings. The Hall–Kier alpha value is -1.65. The zero-order valence-electron chi connectivity index (χ0n) is 12.7. The Kier molecular flexibility index (Phi) is 5.53. The van der Waals surface area contributed by atoms with Gasteiger partial charge in [0, 0.05) is 18.6 Å². The van der Waals surface area contributed by atoms with Crippen LogP contribution < -0.4 is 10.2 Å². The van der Waals surface area contributed by atoms with E-state index in [1.807, 2.05) is 43.4 Å². The van der Waals surface area contributed by atoms with Crippen molar-refractivity contribution in [3.8, 4) is 0 Å². The van der Waals surface area contributed by atoms with Crippen molar-refractivity contribution in [1.82, 2.24) is 15.5 Å². The lowest BCUT2D eigenvalue weighted by atomic mass is 10.1. The Bertz CT molecular complexity index is 571. The second kappa shape index (κ2) is 7.38. The number of hydrogen-bond donors (Lipinski definition) is 1. The summed E-state index contributed by atoms with van der Waals surface area (Å²) in [5.41, 5.74) is 2.03. The number of benzene rings is 1. The third-order valence-electron chi connectivity index (χ3n) is 3.56. The quantitative estimate of drug-likeness (QED) is 0.887. The van der Waals surface area contributed by atoms with Crippen LogP contribution in [0.15, 0.2) is 36.4 Å². The Labute approximate surface area is 131 Å². The average molecular weight is 305 g/mol. The molecule has 4 nitrogen and oxygen atoms in total. The highest BCUT2D eigenvalue weighted by Crippen LogP contribution is 2.28. The number of nitrogens with zero attached hydrogens (tertiary/aromatic N) is 3. The van der Waals surface area contributed by atoms with E-state index in [1.165, 1.54) is 0 Å². The van der Waals surface area contributed by atoms with E-state index in [1.54, 1.807) is 0 Å². The molecule has 2 rings (SSSR count). The van der Waals surface area contributed by atoms with E-state index in [-0.39, 0.29) is 6.04 Å². The van der Waals surface area contributed by atoms with Gasteiger partial charge >= 0.3 is 0 Å². The summed E-state index contributed by atoms with van der Waals surface area (Å²) in [5, 5.41) is 12.6. The van der Waals surface area contributed by atoms with Gasteiger partial charge < -0.3 is 10.2 Å². The molecule has 0 aliphatic carbocycles. The van der Waals surface area contributed by atoms with Crippen molar-refractivity contribution in [2.75, 3.05) is 18.5 Å². The van der Waals surface area contributed by atoms with Gasteiger partial charge in [0.25, 0.3) is 0 Å². The second-order valence-corrected chi connectivity index (χ2v) is 5.38. The van der Waals surface area contributed by atoms with E-state index in [4.69, 9.17) is 11.6 Å². The molecule has 0 aliphatic heterocycles. The van der Waals surface area contributed by atoms with Crippen molar-refractivity contribution < 1.29 is 0 Å². The fourth-order valence-corrected chi connectivity index (χ4v) is 2.40. The molecule has 112 valence electrons. The molecule has 0 saturated heterocycles. The SMILES string of the molecule is CCNCc1ccc(N(C)C(C)c2ccccc2Cl)nn1. The number of nitrogens with one attached hydrogen (secondary N) is 1. The number of hydrogen-bond acceptors (Lipinski definition) is 4. The fourth-order valence-electron chi connectivity index (χ4n) is 2.11. The highest BCUT2D eigenvalue weighted by molar-refractivity contribution is 6.31. The predicted molar refractivity (Wildman–Crippen MR) is 87.7 cm³/mol. The van der Waals surface area contributed by atoms with Gasteiger partial charge in [-0.1, -0.05) is 36.7 Å². The van der Waals surface area contributed by atoms with Crippen LogP contribution in [0.25, 0.3) is 0 Å². The van der Waals surface area contributed by atoms with Gasteiger partial charge in [-0.15, -0.1) is 5.10 Å². The molecule has 1 aromatic carbocycles. The van der Waals surface area contributed by atoms with Crippen molar-refractivity contribution in [3.05, 3.63) is 52.7 Å². The smallest absolute Gasteiger partial charge is 0.151 e. The van der Waals surface area contributed by atoms with Crippen molar-refractivity contribution in [3.63, 3.8) is 0 Å². The molecule has 0 spiro atoms. The maximum atomic E-state index is 6.26. The van der Waals surface area contributed by atoms with Gasteiger partial charge in [-0.3, -0.25) is 0 Å². The Balaban J connectivity index is 2.12. The zero-order chi connectivity index (χ0) is 15.2. The summed E-state index contributed by atoms with van der Waals surface area (Å²) in [6.45, 7) is 5.84. The van der Waals surface area contributed by atoms with Crippen molar-refractivity contribution >= 4 is 17.4 Å². The van der Waals surface area contributed by atoms with Crippen LogP contribution in [0.4, 0.5) is 5.82 Å². The molecular weight excluding hydrogens is 284 g/mol. The van der Waals surface area contributed by atoms with Gasteiger partial charge in [0.05, 0.1) is 11.7 Å². The molecule has 0 radical (unpaired) electrons. The minimum atomic E-state index is 0.132. The number of anilines is 1. The zero-order valence-corrected chi connectivity index (χ0v) is 13.4. The van der Waals surface area contributed by atoms with E-state index in [0.29, 0.717) is 0 Å². The summed E-state index contributed by atoms with van der Waals surface area (Å²) < 4.78 is 0. The predicted octanol–water partition coefficient (Wildman–Crippen LogP) is 3.44. The Morgan fingerprint density at radius 1 is 1.19 bits per heavy atom. The van der Waals surface area contributed by atoms with E-state index < -0.39 is 0 Å². The molecule has 5 heteroatoms. The molecule has 1 unspecified atom stereocenters. The average Bonchev–Trinajstić information content (AvgIpc) is 2.52. The fraction of sp³-hybridized carbons (Fsp3) is 0.375. The van der Waals surface area contributed by atoms with E-state index >= 15 is 0 Å². The summed E-state index contributed by atoms with van der Waals surface area (Å²) in [5.74, 6) is 0.836. The third kappa shape index (κ3) is 3.93. The Morgan fingerprint density at radius 3 is 2.57 bits per heavy atom. The highest BCUT2D eigenvalue weighted by atomic mass is 35.5. The monoisotopic (exact) mass is 304 g/mol. The molecule has 1 heterocycles. The first-order chi connectivity index (χ1) is 10.1. The lowest BCUT2D eigenvalue weighted by molar-refractivity contribution is 0.685. The summed E-state index contributed by atoms with van der Waals surface area (Å²) in [4.78, 5) is 2.07. The maximum Gasteiger partial charge on any atom is 0.151 e. The highest BCUT2D eigenvalue weighted by Gasteiger charge is 2.16. The normalized spacial score (nSPS) is 12.2. The molecular formula is C16H21ClN4. The van der Waals surface area contributed by atoms with E-state index in [0.717, 1.165) is 35.2 Å². The lowest BCUT2D eigenvalue weighted by Gasteiger charge is -2.26. The van der Waals surface area contributed by atoms with Crippen LogP contribution >= 0.6 is 11.6 Å². The summed E-state index contributed by atoms with van der Waals surface area (Å²) >= 11 is 6.26. The van der Waals surface area contributed by atoms with Crippen molar-refractivity contribution in [1.29, 1.82) is 0 Å². The topological polar surface area (TPSA) is 41.0 Å². The molecule has 1 atom stereocenters. The van der Waals surface area contributed by atoms with Crippen molar-refractivity contribution in [2.24, 2.45) is 0 Å².